The lowest BCUT2D eigenvalue weighted by atomic mass is 10.0. The number of ether oxygens (including phenoxy) is 1. The van der Waals surface area contributed by atoms with Crippen LogP contribution in [-0.4, -0.2) is 111 Å². The van der Waals surface area contributed by atoms with Crippen LogP contribution in [0.25, 0.3) is 0 Å². The molecule has 0 aromatic heterocycles. The van der Waals surface area contributed by atoms with Crippen molar-refractivity contribution in [2.24, 2.45) is 20.7 Å². The van der Waals surface area contributed by atoms with E-state index >= 15 is 0 Å². The van der Waals surface area contributed by atoms with Gasteiger partial charge in [-0.2, -0.15) is 0 Å². The Morgan fingerprint density at radius 3 is 2.73 bits per heavy atom. The first-order valence-corrected chi connectivity index (χ1v) is 9.21. The standard InChI is InChI=1S/C16H25N7O7/c1-6(25)8(17)13(28)21-15(29)22-16(2)11-12(18-4-20-16)23(5-19-11)14-10(27)9(26)7(3-24)30-14/h4,6-10,14,24-27H,3,5,17H2,1-2H3,(H2,21,22,28,29)/t6-,7-,8+,9-,10-,14-,16?/m1/s1. The zero-order chi connectivity index (χ0) is 22.2. The third kappa shape index (κ3) is 3.92. The summed E-state index contributed by atoms with van der Waals surface area (Å²) in [5, 5.41) is 43.4. The van der Waals surface area contributed by atoms with Crippen molar-refractivity contribution >= 4 is 29.8 Å². The van der Waals surface area contributed by atoms with Crippen LogP contribution in [0.4, 0.5) is 4.79 Å². The third-order valence-corrected chi connectivity index (χ3v) is 5.06. The number of aliphatic hydroxyl groups is 4. The Labute approximate surface area is 171 Å². The first-order valence-electron chi connectivity index (χ1n) is 9.21. The third-order valence-electron chi connectivity index (χ3n) is 5.06. The van der Waals surface area contributed by atoms with E-state index < -0.39 is 60.9 Å². The number of aliphatic imine (C=N–C) groups is 3. The first kappa shape index (κ1) is 22.2. The molecule has 0 aliphatic carbocycles. The van der Waals surface area contributed by atoms with Crippen molar-refractivity contribution in [3.05, 3.63) is 0 Å². The van der Waals surface area contributed by atoms with Crippen LogP contribution in [0.2, 0.25) is 0 Å². The Morgan fingerprint density at radius 1 is 1.43 bits per heavy atom. The number of imide groups is 1. The Balaban J connectivity index is 1.71. The molecule has 3 heterocycles. The lowest BCUT2D eigenvalue weighted by Crippen LogP contribution is -2.61. The van der Waals surface area contributed by atoms with E-state index in [4.69, 9.17) is 10.5 Å². The Bertz CT molecular complexity index is 801. The Kier molecular flexibility index (Phi) is 6.16. The molecule has 3 amide bonds. The highest BCUT2D eigenvalue weighted by Gasteiger charge is 2.50. The van der Waals surface area contributed by atoms with Gasteiger partial charge in [-0.15, -0.1) is 0 Å². The molecule has 166 valence electrons. The summed E-state index contributed by atoms with van der Waals surface area (Å²) in [6, 6.07) is -2.20. The van der Waals surface area contributed by atoms with E-state index in [1.807, 2.05) is 5.32 Å². The molecule has 0 saturated carbocycles. The van der Waals surface area contributed by atoms with Crippen LogP contribution in [-0.2, 0) is 9.53 Å². The molecule has 1 saturated heterocycles. The van der Waals surface area contributed by atoms with Gasteiger partial charge in [-0.3, -0.25) is 15.1 Å². The number of hydrogen-bond acceptors (Lipinski definition) is 12. The van der Waals surface area contributed by atoms with Crippen molar-refractivity contribution in [2.75, 3.05) is 13.3 Å². The van der Waals surface area contributed by atoms with Gasteiger partial charge in [0.25, 0.3) is 0 Å². The van der Waals surface area contributed by atoms with Gasteiger partial charge >= 0.3 is 6.03 Å². The molecular formula is C16H25N7O7. The number of nitrogens with two attached hydrogens (primary N) is 1. The average Bonchev–Trinajstić information content (AvgIpc) is 3.23. The summed E-state index contributed by atoms with van der Waals surface area (Å²) in [4.78, 5) is 38.2. The van der Waals surface area contributed by atoms with Crippen LogP contribution in [0, 0.1) is 0 Å². The fourth-order valence-corrected chi connectivity index (χ4v) is 3.28. The summed E-state index contributed by atoms with van der Waals surface area (Å²) in [6.45, 7) is 2.36. The quantitative estimate of drug-likeness (QED) is 0.226. The number of fused-ring (bicyclic) bond motifs is 1. The molecule has 7 atom stereocenters. The summed E-state index contributed by atoms with van der Waals surface area (Å²) in [5.74, 6) is -0.629. The van der Waals surface area contributed by atoms with Crippen LogP contribution >= 0.6 is 0 Å². The molecule has 0 bridgehead atoms. The molecule has 1 fully saturated rings. The maximum atomic E-state index is 12.3. The van der Waals surface area contributed by atoms with E-state index in [0.29, 0.717) is 0 Å². The number of nitrogens with zero attached hydrogens (tertiary/aromatic N) is 4. The average molecular weight is 427 g/mol. The largest absolute Gasteiger partial charge is 0.394 e. The number of carbonyl (C=O) groups is 2. The van der Waals surface area contributed by atoms with Gasteiger partial charge in [0.15, 0.2) is 17.7 Å². The minimum absolute atomic E-state index is 0.00512. The molecule has 8 N–H and O–H groups in total. The molecule has 3 aliphatic rings. The van der Waals surface area contributed by atoms with Crippen LogP contribution in [0.3, 0.4) is 0 Å². The number of carbonyl (C=O) groups excluding carboxylic acids is 2. The predicted octanol–water partition coefficient (Wildman–Crippen LogP) is -4.17. The summed E-state index contributed by atoms with van der Waals surface area (Å²) in [6.07, 6.45) is -4.57. The second-order valence-electron chi connectivity index (χ2n) is 7.33. The second kappa shape index (κ2) is 8.33. The highest BCUT2D eigenvalue weighted by molar-refractivity contribution is 6.47. The molecule has 3 aliphatic heterocycles. The summed E-state index contributed by atoms with van der Waals surface area (Å²) >= 11 is 0. The van der Waals surface area contributed by atoms with Gasteiger partial charge in [-0.25, -0.2) is 14.8 Å². The smallest absolute Gasteiger partial charge is 0.323 e. The summed E-state index contributed by atoms with van der Waals surface area (Å²) in [5.41, 5.74) is 4.34. The van der Waals surface area contributed by atoms with Gasteiger partial charge in [0, 0.05) is 0 Å². The molecule has 14 nitrogen and oxygen atoms in total. The van der Waals surface area contributed by atoms with E-state index in [2.05, 4.69) is 20.3 Å². The number of aliphatic hydroxyl groups excluding tert-OH is 4. The SMILES string of the molecule is C[C@@H](O)[C@H](N)C(=O)NC(=O)NC1(C)N=CN=C2C1=NCN2[C@@H]1O[C@H](CO)[C@@H](O)[C@H]1O. The minimum Gasteiger partial charge on any atom is -0.394 e. The molecule has 1 unspecified atom stereocenters. The monoisotopic (exact) mass is 427 g/mol. The lowest BCUT2D eigenvalue weighted by Gasteiger charge is -2.33. The highest BCUT2D eigenvalue weighted by atomic mass is 16.6. The normalized spacial score (nSPS) is 34.7. The molecule has 30 heavy (non-hydrogen) atoms. The molecule has 0 spiro atoms. The van der Waals surface area contributed by atoms with Crippen LogP contribution in [0.15, 0.2) is 15.0 Å². The molecule has 3 rings (SSSR count). The molecule has 0 aromatic rings. The van der Waals surface area contributed by atoms with Crippen molar-refractivity contribution in [3.8, 4) is 0 Å². The molecule has 14 heteroatoms. The van der Waals surface area contributed by atoms with Crippen molar-refractivity contribution in [1.82, 2.24) is 15.5 Å². The minimum atomic E-state index is -1.40. The zero-order valence-corrected chi connectivity index (χ0v) is 16.3. The molecular weight excluding hydrogens is 402 g/mol. The van der Waals surface area contributed by atoms with Crippen molar-refractivity contribution in [3.63, 3.8) is 0 Å². The summed E-state index contributed by atoms with van der Waals surface area (Å²) in [7, 11) is 0. The number of urea groups is 1. The van der Waals surface area contributed by atoms with Crippen LogP contribution in [0.5, 0.6) is 0 Å². The van der Waals surface area contributed by atoms with Gasteiger partial charge < -0.3 is 41.1 Å². The van der Waals surface area contributed by atoms with Gasteiger partial charge in [-0.05, 0) is 13.8 Å². The fourth-order valence-electron chi connectivity index (χ4n) is 3.28. The van der Waals surface area contributed by atoms with Crippen molar-refractivity contribution in [1.29, 1.82) is 0 Å². The first-order chi connectivity index (χ1) is 14.1. The van der Waals surface area contributed by atoms with E-state index in [9.17, 15) is 30.0 Å². The lowest BCUT2D eigenvalue weighted by molar-refractivity contribution is -0.123. The fraction of sp³-hybridized carbons (Fsp3) is 0.688. The highest BCUT2D eigenvalue weighted by Crippen LogP contribution is 2.29. The van der Waals surface area contributed by atoms with Gasteiger partial charge in [0.05, 0.1) is 12.7 Å². The van der Waals surface area contributed by atoms with E-state index in [1.165, 1.54) is 25.1 Å². The number of nitrogens with one attached hydrogen (secondary N) is 2. The van der Waals surface area contributed by atoms with E-state index in [1.54, 1.807) is 0 Å². The predicted molar refractivity (Wildman–Crippen MR) is 103 cm³/mol. The number of amidine groups is 1. The van der Waals surface area contributed by atoms with E-state index in [-0.39, 0.29) is 18.2 Å². The topological polar surface area (TPSA) is 215 Å². The molecule has 0 aromatic carbocycles. The zero-order valence-electron chi connectivity index (χ0n) is 16.3. The van der Waals surface area contributed by atoms with Crippen LogP contribution < -0.4 is 16.4 Å². The second-order valence-corrected chi connectivity index (χ2v) is 7.33. The van der Waals surface area contributed by atoms with Gasteiger partial charge in [0.1, 0.15) is 43.1 Å². The molecule has 0 radical (unpaired) electrons. The van der Waals surface area contributed by atoms with Gasteiger partial charge in [-0.1, -0.05) is 0 Å². The maximum absolute atomic E-state index is 12.3. The van der Waals surface area contributed by atoms with Crippen molar-refractivity contribution in [2.45, 2.75) is 56.2 Å². The summed E-state index contributed by atoms with van der Waals surface area (Å²) < 4.78 is 5.51. The maximum Gasteiger partial charge on any atom is 0.323 e. The Hall–Kier alpha value is -2.49. The van der Waals surface area contributed by atoms with E-state index in [0.717, 1.165) is 0 Å². The van der Waals surface area contributed by atoms with Crippen molar-refractivity contribution < 1.29 is 34.8 Å². The number of rotatable bonds is 5. The number of hydrogen-bond donors (Lipinski definition) is 7. The number of amides is 3. The van der Waals surface area contributed by atoms with Gasteiger partial charge in [0.2, 0.25) is 5.91 Å². The Morgan fingerprint density at radius 2 is 2.13 bits per heavy atom. The van der Waals surface area contributed by atoms with Crippen LogP contribution in [0.1, 0.15) is 13.8 Å².